The molecule has 0 saturated heterocycles. The van der Waals surface area contributed by atoms with Crippen LogP contribution in [0.3, 0.4) is 0 Å². The summed E-state index contributed by atoms with van der Waals surface area (Å²) in [6, 6.07) is 8.93. The lowest BCUT2D eigenvalue weighted by Crippen LogP contribution is -2.35. The van der Waals surface area contributed by atoms with Gasteiger partial charge < -0.3 is 10.1 Å². The molecule has 1 aromatic rings. The molecule has 3 unspecified atom stereocenters. The first-order chi connectivity index (χ1) is 9.10. The third kappa shape index (κ3) is 4.32. The highest BCUT2D eigenvalue weighted by molar-refractivity contribution is 7.84. The van der Waals surface area contributed by atoms with Crippen LogP contribution in [0.25, 0.3) is 0 Å². The fourth-order valence-electron chi connectivity index (χ4n) is 2.45. The Morgan fingerprint density at radius 3 is 2.47 bits per heavy atom. The highest BCUT2D eigenvalue weighted by Crippen LogP contribution is 2.41. The Labute approximate surface area is 118 Å². The van der Waals surface area contributed by atoms with Gasteiger partial charge in [-0.15, -0.1) is 0 Å². The van der Waals surface area contributed by atoms with E-state index in [0.29, 0.717) is 11.8 Å². The minimum absolute atomic E-state index is 0.276. The first kappa shape index (κ1) is 14.5. The third-order valence-corrected chi connectivity index (χ3v) is 4.49. The maximum atomic E-state index is 11.3. The van der Waals surface area contributed by atoms with E-state index < -0.39 is 10.8 Å². The van der Waals surface area contributed by atoms with E-state index >= 15 is 0 Å². The summed E-state index contributed by atoms with van der Waals surface area (Å²) in [6.07, 6.45) is 4.33. The molecule has 0 bridgehead atoms. The van der Waals surface area contributed by atoms with Crippen LogP contribution in [0.5, 0.6) is 5.75 Å². The second kappa shape index (κ2) is 6.53. The van der Waals surface area contributed by atoms with Crippen molar-refractivity contribution < 1.29 is 8.95 Å². The minimum atomic E-state index is -0.749. The lowest BCUT2D eigenvalue weighted by atomic mass is 10.0. The molecule has 1 saturated carbocycles. The molecule has 3 nitrogen and oxygen atoms in total. The van der Waals surface area contributed by atoms with Gasteiger partial charge in [-0.3, -0.25) is 4.21 Å². The van der Waals surface area contributed by atoms with Crippen LogP contribution >= 0.6 is 0 Å². The zero-order valence-electron chi connectivity index (χ0n) is 11.9. The summed E-state index contributed by atoms with van der Waals surface area (Å²) in [5.41, 5.74) is 1.30. The summed E-state index contributed by atoms with van der Waals surface area (Å²) in [5, 5.41) is 3.63. The molecular formula is C15H23NO2S. The Hall–Kier alpha value is -0.870. The van der Waals surface area contributed by atoms with Crippen LogP contribution in [-0.2, 0) is 10.8 Å². The molecule has 1 fully saturated rings. The number of hydrogen-bond donors (Lipinski definition) is 1. The van der Waals surface area contributed by atoms with Gasteiger partial charge in [0.1, 0.15) is 5.75 Å². The van der Waals surface area contributed by atoms with E-state index in [2.05, 4.69) is 24.4 Å². The first-order valence-electron chi connectivity index (χ1n) is 6.80. The van der Waals surface area contributed by atoms with E-state index in [1.54, 1.807) is 13.4 Å². The van der Waals surface area contributed by atoms with Crippen LogP contribution in [0.2, 0.25) is 0 Å². The largest absolute Gasteiger partial charge is 0.497 e. The van der Waals surface area contributed by atoms with Crippen molar-refractivity contribution >= 4 is 10.8 Å². The van der Waals surface area contributed by atoms with Crippen molar-refractivity contribution in [3.8, 4) is 5.75 Å². The van der Waals surface area contributed by atoms with Gasteiger partial charge in [-0.05, 0) is 43.4 Å². The summed E-state index contributed by atoms with van der Waals surface area (Å²) in [6.45, 7) is 2.11. The number of ether oxygens (including phenoxy) is 1. The molecule has 0 spiro atoms. The van der Waals surface area contributed by atoms with Crippen molar-refractivity contribution in [1.82, 2.24) is 5.32 Å². The quantitative estimate of drug-likeness (QED) is 0.834. The van der Waals surface area contributed by atoms with Crippen molar-refractivity contribution in [3.05, 3.63) is 29.8 Å². The standard InChI is InChI=1S/C15H23NO2S/c1-11(10-19(3)17)16-15(12-4-5-12)13-6-8-14(18-2)9-7-13/h6-9,11-12,15-16H,4-5,10H2,1-3H3. The fourth-order valence-corrected chi connectivity index (χ4v) is 3.25. The van der Waals surface area contributed by atoms with Gasteiger partial charge in [0.2, 0.25) is 0 Å². The highest BCUT2D eigenvalue weighted by atomic mass is 32.2. The van der Waals surface area contributed by atoms with E-state index in [0.717, 1.165) is 11.7 Å². The van der Waals surface area contributed by atoms with Gasteiger partial charge >= 0.3 is 0 Å². The van der Waals surface area contributed by atoms with Crippen molar-refractivity contribution in [2.24, 2.45) is 5.92 Å². The summed E-state index contributed by atoms with van der Waals surface area (Å²) >= 11 is 0. The van der Waals surface area contributed by atoms with Crippen LogP contribution in [0.15, 0.2) is 24.3 Å². The van der Waals surface area contributed by atoms with Crippen molar-refractivity contribution in [1.29, 1.82) is 0 Å². The zero-order chi connectivity index (χ0) is 13.8. The van der Waals surface area contributed by atoms with Gasteiger partial charge in [0.15, 0.2) is 0 Å². The highest BCUT2D eigenvalue weighted by Gasteiger charge is 2.33. The minimum Gasteiger partial charge on any atom is -0.497 e. The van der Waals surface area contributed by atoms with Gasteiger partial charge in [0.05, 0.1) is 7.11 Å². The number of hydrogen-bond acceptors (Lipinski definition) is 3. The van der Waals surface area contributed by atoms with E-state index in [-0.39, 0.29) is 6.04 Å². The zero-order valence-corrected chi connectivity index (χ0v) is 12.7. The molecule has 0 aliphatic heterocycles. The lowest BCUT2D eigenvalue weighted by Gasteiger charge is -2.23. The fraction of sp³-hybridized carbons (Fsp3) is 0.600. The van der Waals surface area contributed by atoms with Crippen molar-refractivity contribution in [3.63, 3.8) is 0 Å². The molecule has 0 amide bonds. The Morgan fingerprint density at radius 1 is 1.37 bits per heavy atom. The van der Waals surface area contributed by atoms with E-state index in [4.69, 9.17) is 4.74 Å². The molecule has 1 aromatic carbocycles. The third-order valence-electron chi connectivity index (χ3n) is 3.52. The Balaban J connectivity index is 2.04. The topological polar surface area (TPSA) is 38.3 Å². The van der Waals surface area contributed by atoms with Gasteiger partial charge in [0, 0.05) is 34.9 Å². The molecular weight excluding hydrogens is 258 g/mol. The normalized spacial score (nSPS) is 19.7. The average Bonchev–Trinajstić information content (AvgIpc) is 3.19. The molecule has 19 heavy (non-hydrogen) atoms. The molecule has 2 rings (SSSR count). The van der Waals surface area contributed by atoms with E-state index in [1.807, 2.05) is 12.1 Å². The van der Waals surface area contributed by atoms with Crippen molar-refractivity contribution in [2.45, 2.75) is 31.8 Å². The number of nitrogens with one attached hydrogen (secondary N) is 1. The molecule has 0 aromatic heterocycles. The van der Waals surface area contributed by atoms with Crippen LogP contribution in [0.4, 0.5) is 0 Å². The maximum absolute atomic E-state index is 11.3. The van der Waals surface area contributed by atoms with Crippen LogP contribution < -0.4 is 10.1 Å². The van der Waals surface area contributed by atoms with Crippen LogP contribution in [0.1, 0.15) is 31.4 Å². The predicted octanol–water partition coefficient (Wildman–Crippen LogP) is 2.50. The molecule has 3 atom stereocenters. The lowest BCUT2D eigenvalue weighted by molar-refractivity contribution is 0.412. The molecule has 1 aliphatic rings. The summed E-state index contributed by atoms with van der Waals surface area (Å²) in [5.74, 6) is 2.32. The molecule has 0 radical (unpaired) electrons. The SMILES string of the molecule is COc1ccc(C(NC(C)CS(C)=O)C2CC2)cc1. The summed E-state index contributed by atoms with van der Waals surface area (Å²) < 4.78 is 16.5. The monoisotopic (exact) mass is 281 g/mol. The second-order valence-electron chi connectivity index (χ2n) is 5.40. The Kier molecular flexibility index (Phi) is 4.99. The van der Waals surface area contributed by atoms with E-state index in [9.17, 15) is 4.21 Å². The average molecular weight is 281 g/mol. The smallest absolute Gasteiger partial charge is 0.118 e. The van der Waals surface area contributed by atoms with Gasteiger partial charge in [-0.25, -0.2) is 0 Å². The Morgan fingerprint density at radius 2 is 2.00 bits per heavy atom. The van der Waals surface area contributed by atoms with Crippen molar-refractivity contribution in [2.75, 3.05) is 19.1 Å². The van der Waals surface area contributed by atoms with Gasteiger partial charge in [0.25, 0.3) is 0 Å². The summed E-state index contributed by atoms with van der Waals surface area (Å²) in [7, 11) is 0.936. The second-order valence-corrected chi connectivity index (χ2v) is 6.88. The summed E-state index contributed by atoms with van der Waals surface area (Å²) in [4.78, 5) is 0. The molecule has 1 aliphatic carbocycles. The molecule has 1 N–H and O–H groups in total. The van der Waals surface area contributed by atoms with Gasteiger partial charge in [-0.1, -0.05) is 12.1 Å². The van der Waals surface area contributed by atoms with E-state index in [1.165, 1.54) is 18.4 Å². The number of rotatable bonds is 7. The number of benzene rings is 1. The maximum Gasteiger partial charge on any atom is 0.118 e. The molecule has 0 heterocycles. The first-order valence-corrected chi connectivity index (χ1v) is 8.53. The van der Waals surface area contributed by atoms with Crippen LogP contribution in [-0.4, -0.2) is 29.4 Å². The Bertz CT molecular complexity index is 428. The van der Waals surface area contributed by atoms with Crippen LogP contribution in [0, 0.1) is 5.92 Å². The predicted molar refractivity (Wildman–Crippen MR) is 80.0 cm³/mol. The molecule has 106 valence electrons. The van der Waals surface area contributed by atoms with Gasteiger partial charge in [-0.2, -0.15) is 0 Å². The molecule has 4 heteroatoms. The number of methoxy groups -OCH3 is 1.